The molecule has 0 saturated heterocycles. The minimum Gasteiger partial charge on any atom is -0.486 e. The molecule has 4 rings (SSSR count). The van der Waals surface area contributed by atoms with Crippen molar-refractivity contribution < 1.29 is 14.3 Å². The van der Waals surface area contributed by atoms with Crippen LogP contribution < -0.4 is 14.8 Å². The molecule has 26 heavy (non-hydrogen) atoms. The summed E-state index contributed by atoms with van der Waals surface area (Å²) in [5.74, 6) is 1.33. The fourth-order valence-electron chi connectivity index (χ4n) is 3.02. The minimum atomic E-state index is -0.210. The van der Waals surface area contributed by atoms with Gasteiger partial charge < -0.3 is 14.8 Å². The highest BCUT2D eigenvalue weighted by molar-refractivity contribution is 6.00. The number of hydrogen-bond donors (Lipinski definition) is 1. The zero-order valence-electron chi connectivity index (χ0n) is 14.2. The van der Waals surface area contributed by atoms with Gasteiger partial charge in [-0.05, 0) is 29.3 Å². The third kappa shape index (κ3) is 3.40. The van der Waals surface area contributed by atoms with Crippen molar-refractivity contribution >= 4 is 5.91 Å². The number of carbonyl (C=O) groups is 1. The number of rotatable bonds is 4. The number of carbonyl (C=O) groups excluding carboxylic acids is 1. The van der Waals surface area contributed by atoms with Gasteiger partial charge in [0.1, 0.15) is 12.7 Å². The molecular weight excluding hydrogens is 326 g/mol. The van der Waals surface area contributed by atoms with E-state index in [0.717, 1.165) is 16.9 Å². The molecule has 1 amide bonds. The molecule has 1 aliphatic rings. The van der Waals surface area contributed by atoms with Crippen LogP contribution in [-0.2, 0) is 0 Å². The van der Waals surface area contributed by atoms with E-state index in [9.17, 15) is 4.79 Å². The summed E-state index contributed by atoms with van der Waals surface area (Å²) in [6.07, 6.45) is -0.210. The summed E-state index contributed by atoms with van der Waals surface area (Å²) in [6.45, 7) is 0.800. The first-order valence-corrected chi connectivity index (χ1v) is 8.62. The summed E-state index contributed by atoms with van der Waals surface area (Å²) >= 11 is 0. The van der Waals surface area contributed by atoms with E-state index in [0.29, 0.717) is 24.5 Å². The van der Waals surface area contributed by atoms with Gasteiger partial charge in [0.05, 0.1) is 6.54 Å². The molecule has 0 unspecified atom stereocenters. The van der Waals surface area contributed by atoms with Crippen molar-refractivity contribution in [2.45, 2.75) is 6.10 Å². The molecule has 1 atom stereocenters. The van der Waals surface area contributed by atoms with Crippen molar-refractivity contribution in [1.82, 2.24) is 5.32 Å². The Balaban J connectivity index is 1.45. The Morgan fingerprint density at radius 3 is 2.42 bits per heavy atom. The number of ether oxygens (including phenoxy) is 2. The maximum Gasteiger partial charge on any atom is 0.252 e. The van der Waals surface area contributed by atoms with Crippen LogP contribution in [0.25, 0.3) is 11.1 Å². The van der Waals surface area contributed by atoms with E-state index in [2.05, 4.69) is 5.32 Å². The van der Waals surface area contributed by atoms with Gasteiger partial charge in [0.2, 0.25) is 0 Å². The number of fused-ring (bicyclic) bond motifs is 1. The molecule has 0 bridgehead atoms. The predicted molar refractivity (Wildman–Crippen MR) is 101 cm³/mol. The summed E-state index contributed by atoms with van der Waals surface area (Å²) in [4.78, 5) is 12.7. The van der Waals surface area contributed by atoms with Gasteiger partial charge in [0.15, 0.2) is 11.5 Å². The van der Waals surface area contributed by atoms with Crippen LogP contribution in [0.1, 0.15) is 10.4 Å². The Morgan fingerprint density at radius 1 is 0.885 bits per heavy atom. The number of benzene rings is 3. The lowest BCUT2D eigenvalue weighted by atomic mass is 9.99. The second-order valence-electron chi connectivity index (χ2n) is 6.12. The van der Waals surface area contributed by atoms with E-state index in [1.54, 1.807) is 0 Å². The van der Waals surface area contributed by atoms with E-state index in [1.807, 2.05) is 78.9 Å². The SMILES string of the molecule is O=C(NC[C@H]1COc2ccccc2O1)c1ccccc1-c1ccccc1. The van der Waals surface area contributed by atoms with Crippen LogP contribution in [-0.4, -0.2) is 25.2 Å². The van der Waals surface area contributed by atoms with Gasteiger partial charge in [-0.15, -0.1) is 0 Å². The molecule has 0 spiro atoms. The summed E-state index contributed by atoms with van der Waals surface area (Å²) in [6, 6.07) is 25.1. The average Bonchev–Trinajstić information content (AvgIpc) is 2.72. The van der Waals surface area contributed by atoms with Crippen LogP contribution in [0.3, 0.4) is 0 Å². The normalized spacial score (nSPS) is 15.3. The first-order valence-electron chi connectivity index (χ1n) is 8.62. The Morgan fingerprint density at radius 2 is 1.58 bits per heavy atom. The van der Waals surface area contributed by atoms with E-state index in [4.69, 9.17) is 9.47 Å². The van der Waals surface area contributed by atoms with E-state index in [-0.39, 0.29) is 12.0 Å². The summed E-state index contributed by atoms with van der Waals surface area (Å²) < 4.78 is 11.6. The van der Waals surface area contributed by atoms with Gasteiger partial charge in [-0.1, -0.05) is 60.7 Å². The van der Waals surface area contributed by atoms with Crippen LogP contribution in [0.15, 0.2) is 78.9 Å². The molecule has 130 valence electrons. The third-order valence-corrected chi connectivity index (χ3v) is 4.31. The molecule has 1 aliphatic heterocycles. The van der Waals surface area contributed by atoms with Gasteiger partial charge in [0, 0.05) is 5.56 Å². The van der Waals surface area contributed by atoms with Crippen LogP contribution in [0.5, 0.6) is 11.5 Å². The Hall–Kier alpha value is -3.27. The molecule has 0 radical (unpaired) electrons. The molecule has 4 nitrogen and oxygen atoms in total. The molecule has 4 heteroatoms. The lowest BCUT2D eigenvalue weighted by Gasteiger charge is -2.26. The van der Waals surface area contributed by atoms with Crippen molar-refractivity contribution in [1.29, 1.82) is 0 Å². The molecule has 1 N–H and O–H groups in total. The van der Waals surface area contributed by atoms with Gasteiger partial charge in [-0.25, -0.2) is 0 Å². The van der Waals surface area contributed by atoms with Crippen molar-refractivity contribution in [2.75, 3.05) is 13.2 Å². The van der Waals surface area contributed by atoms with Crippen LogP contribution >= 0.6 is 0 Å². The maximum absolute atomic E-state index is 12.7. The van der Waals surface area contributed by atoms with Crippen molar-refractivity contribution in [2.24, 2.45) is 0 Å². The van der Waals surface area contributed by atoms with Gasteiger partial charge in [-0.3, -0.25) is 4.79 Å². The first kappa shape index (κ1) is 16.2. The monoisotopic (exact) mass is 345 g/mol. The molecule has 0 aliphatic carbocycles. The first-order chi connectivity index (χ1) is 12.8. The number of amides is 1. The fourth-order valence-corrected chi connectivity index (χ4v) is 3.02. The summed E-state index contributed by atoms with van der Waals surface area (Å²) in [5.41, 5.74) is 2.58. The zero-order valence-corrected chi connectivity index (χ0v) is 14.2. The van der Waals surface area contributed by atoms with Gasteiger partial charge in [0.25, 0.3) is 5.91 Å². The quantitative estimate of drug-likeness (QED) is 0.779. The molecule has 1 heterocycles. The molecule has 0 fully saturated rings. The average molecular weight is 345 g/mol. The van der Waals surface area contributed by atoms with E-state index >= 15 is 0 Å². The Labute approximate surface area is 152 Å². The maximum atomic E-state index is 12.7. The van der Waals surface area contributed by atoms with Crippen molar-refractivity contribution in [3.05, 3.63) is 84.4 Å². The Kier molecular flexibility index (Phi) is 4.56. The van der Waals surface area contributed by atoms with Crippen LogP contribution in [0.2, 0.25) is 0 Å². The second-order valence-corrected chi connectivity index (χ2v) is 6.12. The molecule has 0 aromatic heterocycles. The topological polar surface area (TPSA) is 47.6 Å². The number of hydrogen-bond acceptors (Lipinski definition) is 3. The third-order valence-electron chi connectivity index (χ3n) is 4.31. The molecule has 3 aromatic carbocycles. The van der Waals surface area contributed by atoms with Gasteiger partial charge >= 0.3 is 0 Å². The highest BCUT2D eigenvalue weighted by Crippen LogP contribution is 2.30. The summed E-state index contributed by atoms with van der Waals surface area (Å²) in [5, 5.41) is 2.97. The standard InChI is InChI=1S/C22H19NO3/c24-22(19-11-5-4-10-18(19)16-8-2-1-3-9-16)23-14-17-15-25-20-12-6-7-13-21(20)26-17/h1-13,17H,14-15H2,(H,23,24)/t17-/m0/s1. The Bertz CT molecular complexity index is 908. The highest BCUT2D eigenvalue weighted by Gasteiger charge is 2.21. The minimum absolute atomic E-state index is 0.119. The number of para-hydroxylation sites is 2. The predicted octanol–water partition coefficient (Wildman–Crippen LogP) is 3.92. The largest absolute Gasteiger partial charge is 0.486 e. The fraction of sp³-hybridized carbons (Fsp3) is 0.136. The smallest absolute Gasteiger partial charge is 0.252 e. The summed E-state index contributed by atoms with van der Waals surface area (Å²) in [7, 11) is 0. The molecular formula is C22H19NO3. The molecule has 3 aromatic rings. The van der Waals surface area contributed by atoms with Crippen LogP contribution in [0, 0.1) is 0 Å². The second kappa shape index (κ2) is 7.31. The number of nitrogens with one attached hydrogen (secondary N) is 1. The van der Waals surface area contributed by atoms with E-state index < -0.39 is 0 Å². The molecule has 0 saturated carbocycles. The highest BCUT2D eigenvalue weighted by atomic mass is 16.6. The van der Waals surface area contributed by atoms with Gasteiger partial charge in [-0.2, -0.15) is 0 Å². The lowest BCUT2D eigenvalue weighted by Crippen LogP contribution is -2.40. The zero-order chi connectivity index (χ0) is 17.8. The lowest BCUT2D eigenvalue weighted by molar-refractivity contribution is 0.0789. The van der Waals surface area contributed by atoms with E-state index in [1.165, 1.54) is 0 Å². The van der Waals surface area contributed by atoms with Crippen LogP contribution in [0.4, 0.5) is 0 Å². The van der Waals surface area contributed by atoms with Crippen molar-refractivity contribution in [3.8, 4) is 22.6 Å². The van der Waals surface area contributed by atoms with Crippen molar-refractivity contribution in [3.63, 3.8) is 0 Å².